The van der Waals surface area contributed by atoms with Crippen LogP contribution >= 0.6 is 11.6 Å². The molecule has 2 aliphatic heterocycles. The van der Waals surface area contributed by atoms with Crippen LogP contribution in [0.3, 0.4) is 0 Å². The van der Waals surface area contributed by atoms with E-state index >= 15 is 4.39 Å². The maximum atomic E-state index is 16.9. The number of carbonyl (C=O) groups excluding carboxylic acids is 1. The summed E-state index contributed by atoms with van der Waals surface area (Å²) in [5.41, 5.74) is 4.26. The average molecular weight is 627 g/mol. The third-order valence-electron chi connectivity index (χ3n) is 9.65. The van der Waals surface area contributed by atoms with Gasteiger partial charge >= 0.3 is 0 Å². The number of hydrogen-bond donors (Lipinski definition) is 0. The lowest BCUT2D eigenvalue weighted by molar-refractivity contribution is -0.129. The van der Waals surface area contributed by atoms with E-state index in [9.17, 15) is 10.1 Å². The molecule has 4 aromatic rings. The minimum atomic E-state index is -0.414. The second-order valence-electron chi connectivity index (χ2n) is 12.7. The molecule has 11 heteroatoms. The van der Waals surface area contributed by atoms with Crippen molar-refractivity contribution in [3.63, 3.8) is 0 Å². The number of likely N-dealkylation sites (N-methyl/N-ethyl adjacent to an activating group) is 1. The number of nitrogens with zero attached hydrogens (tertiary/aromatic N) is 8. The lowest BCUT2D eigenvalue weighted by Crippen LogP contribution is -2.67. The number of halogens is 2. The molecular weight excluding hydrogens is 591 g/mol. The van der Waals surface area contributed by atoms with Crippen molar-refractivity contribution in [2.75, 3.05) is 38.6 Å². The van der Waals surface area contributed by atoms with E-state index in [4.69, 9.17) is 16.6 Å². The van der Waals surface area contributed by atoms with E-state index in [1.807, 2.05) is 36.7 Å². The SMILES string of the molecule is CC#CC(=O)N1CC[C@H](n2nnc3c(N4CC(C)(N(C)C)C4)nc4c(F)c(-c5cccc(Cl)c5C)c(C)cc4c32)C[C@H]1CC#N. The Morgan fingerprint density at radius 3 is 2.69 bits per heavy atom. The highest BCUT2D eigenvalue weighted by Gasteiger charge is 2.43. The fourth-order valence-electron chi connectivity index (χ4n) is 6.80. The Hall–Kier alpha value is -4.25. The van der Waals surface area contributed by atoms with E-state index in [1.165, 1.54) is 0 Å². The van der Waals surface area contributed by atoms with Gasteiger partial charge in [-0.15, -0.1) is 5.10 Å². The van der Waals surface area contributed by atoms with Gasteiger partial charge in [0.1, 0.15) is 11.0 Å². The van der Waals surface area contributed by atoms with E-state index in [0.29, 0.717) is 65.3 Å². The lowest BCUT2D eigenvalue weighted by Gasteiger charge is -2.52. The number of likely N-dealkylation sites (tertiary alicyclic amines) is 1. The van der Waals surface area contributed by atoms with Crippen LogP contribution in [0.4, 0.5) is 10.2 Å². The molecule has 0 saturated carbocycles. The molecule has 0 radical (unpaired) electrons. The molecular formula is C34H36ClFN8O. The van der Waals surface area contributed by atoms with Gasteiger partial charge in [-0.25, -0.2) is 14.1 Å². The third kappa shape index (κ3) is 5.07. The number of benzene rings is 2. The smallest absolute Gasteiger partial charge is 0.298 e. The number of carbonyl (C=O) groups is 1. The minimum Gasteiger partial charge on any atom is -0.351 e. The monoisotopic (exact) mass is 626 g/mol. The molecule has 4 heterocycles. The molecule has 2 atom stereocenters. The Labute approximate surface area is 267 Å². The summed E-state index contributed by atoms with van der Waals surface area (Å²) in [7, 11) is 4.11. The molecule has 0 spiro atoms. The van der Waals surface area contributed by atoms with Gasteiger partial charge in [0.25, 0.3) is 5.91 Å². The van der Waals surface area contributed by atoms with Gasteiger partial charge in [0.2, 0.25) is 0 Å². The minimum absolute atomic E-state index is 0.0564. The molecule has 0 bridgehead atoms. The van der Waals surface area contributed by atoms with Gasteiger partial charge in [-0.1, -0.05) is 34.9 Å². The molecule has 0 aliphatic carbocycles. The van der Waals surface area contributed by atoms with Crippen LogP contribution in [0.15, 0.2) is 24.3 Å². The van der Waals surface area contributed by atoms with E-state index in [-0.39, 0.29) is 35.5 Å². The molecule has 2 aromatic heterocycles. The summed E-state index contributed by atoms with van der Waals surface area (Å²) in [6.45, 7) is 9.45. The molecule has 2 aliphatic rings. The Morgan fingerprint density at radius 2 is 2.00 bits per heavy atom. The maximum Gasteiger partial charge on any atom is 0.298 e. The number of pyridine rings is 1. The molecule has 6 rings (SSSR count). The average Bonchev–Trinajstić information content (AvgIpc) is 3.43. The standard InChI is InChI=1S/C34H36ClFN8O/c1-7-9-27(45)43-15-13-23(17-22(43)12-14-37)44-32-25-16-20(2)28(24-10-8-11-26(35)21(24)3)29(36)30(25)38-33(31(32)39-40-44)42-18-34(4,19-42)41(5)6/h8,10-11,16,22-23H,12-13,15,17-19H2,1-6H3/t22-,23+/m1/s1. The van der Waals surface area contributed by atoms with Crippen molar-refractivity contribution < 1.29 is 9.18 Å². The van der Waals surface area contributed by atoms with Crippen molar-refractivity contribution in [2.45, 2.75) is 64.6 Å². The highest BCUT2D eigenvalue weighted by Crippen LogP contribution is 2.42. The Balaban J connectivity index is 1.54. The molecule has 2 fully saturated rings. The van der Waals surface area contributed by atoms with Crippen LogP contribution in [0.5, 0.6) is 0 Å². The third-order valence-corrected chi connectivity index (χ3v) is 10.1. The second kappa shape index (κ2) is 11.6. The summed E-state index contributed by atoms with van der Waals surface area (Å²) in [5, 5.41) is 20.1. The van der Waals surface area contributed by atoms with Gasteiger partial charge in [-0.3, -0.25) is 4.79 Å². The summed E-state index contributed by atoms with van der Waals surface area (Å²) in [4.78, 5) is 23.7. The van der Waals surface area contributed by atoms with Crippen LogP contribution in [-0.2, 0) is 4.79 Å². The van der Waals surface area contributed by atoms with Crippen molar-refractivity contribution in [1.82, 2.24) is 29.8 Å². The van der Waals surface area contributed by atoms with E-state index < -0.39 is 5.82 Å². The number of amides is 1. The van der Waals surface area contributed by atoms with Crippen molar-refractivity contribution >= 4 is 45.3 Å². The predicted molar refractivity (Wildman–Crippen MR) is 174 cm³/mol. The van der Waals surface area contributed by atoms with Crippen LogP contribution < -0.4 is 4.90 Å². The molecule has 9 nitrogen and oxygen atoms in total. The largest absolute Gasteiger partial charge is 0.351 e. The molecule has 45 heavy (non-hydrogen) atoms. The quantitative estimate of drug-likeness (QED) is 0.264. The summed E-state index contributed by atoms with van der Waals surface area (Å²) in [6, 6.07) is 9.24. The zero-order chi connectivity index (χ0) is 32.2. The molecule has 0 unspecified atom stereocenters. The Kier molecular flexibility index (Phi) is 7.93. The first kappa shape index (κ1) is 30.8. The van der Waals surface area contributed by atoms with Gasteiger partial charge in [0.15, 0.2) is 17.2 Å². The first-order valence-electron chi connectivity index (χ1n) is 15.1. The summed E-state index contributed by atoms with van der Waals surface area (Å²) >= 11 is 6.46. The number of anilines is 1. The van der Waals surface area contributed by atoms with Gasteiger partial charge in [0, 0.05) is 41.6 Å². The van der Waals surface area contributed by atoms with Crippen molar-refractivity contribution in [1.29, 1.82) is 5.26 Å². The highest BCUT2D eigenvalue weighted by atomic mass is 35.5. The molecule has 2 aromatic carbocycles. The lowest BCUT2D eigenvalue weighted by atomic mass is 9.90. The van der Waals surface area contributed by atoms with Gasteiger partial charge in [0.05, 0.1) is 24.1 Å². The zero-order valence-electron chi connectivity index (χ0n) is 26.4. The van der Waals surface area contributed by atoms with Crippen molar-refractivity contribution in [2.24, 2.45) is 0 Å². The number of hydrogen-bond acceptors (Lipinski definition) is 7. The van der Waals surface area contributed by atoms with Crippen LogP contribution in [0, 0.1) is 42.8 Å². The second-order valence-corrected chi connectivity index (χ2v) is 13.1. The number of nitriles is 1. The first-order chi connectivity index (χ1) is 21.5. The molecule has 232 valence electrons. The van der Waals surface area contributed by atoms with Gasteiger partial charge < -0.3 is 14.7 Å². The fourth-order valence-corrected chi connectivity index (χ4v) is 6.98. The fraction of sp³-hybridized carbons (Fsp3) is 0.441. The highest BCUT2D eigenvalue weighted by molar-refractivity contribution is 6.31. The van der Waals surface area contributed by atoms with Gasteiger partial charge in [-0.05, 0) is 89.4 Å². The van der Waals surface area contributed by atoms with Crippen LogP contribution in [0.2, 0.25) is 5.02 Å². The first-order valence-corrected chi connectivity index (χ1v) is 15.5. The number of fused-ring (bicyclic) bond motifs is 3. The Morgan fingerprint density at radius 1 is 1.24 bits per heavy atom. The number of aryl methyl sites for hydroxylation is 1. The van der Waals surface area contributed by atoms with E-state index in [0.717, 1.165) is 16.7 Å². The topological polar surface area (TPSA) is 94.2 Å². The molecule has 1 amide bonds. The number of aromatic nitrogens is 4. The van der Waals surface area contributed by atoms with Crippen LogP contribution in [0.1, 0.15) is 50.3 Å². The number of piperidine rings is 1. The zero-order valence-corrected chi connectivity index (χ0v) is 27.2. The summed E-state index contributed by atoms with van der Waals surface area (Å²) in [5.74, 6) is 5.20. The summed E-state index contributed by atoms with van der Waals surface area (Å²) < 4.78 is 18.8. The summed E-state index contributed by atoms with van der Waals surface area (Å²) in [6.07, 6.45) is 1.28. The van der Waals surface area contributed by atoms with Crippen molar-refractivity contribution in [3.8, 4) is 29.0 Å². The van der Waals surface area contributed by atoms with Crippen LogP contribution in [0.25, 0.3) is 33.1 Å². The normalized spacial score (nSPS) is 19.4. The van der Waals surface area contributed by atoms with E-state index in [1.54, 1.807) is 17.9 Å². The van der Waals surface area contributed by atoms with E-state index in [2.05, 4.69) is 59.0 Å². The maximum absolute atomic E-state index is 16.9. The van der Waals surface area contributed by atoms with Gasteiger partial charge in [-0.2, -0.15) is 5.26 Å². The Bertz CT molecular complexity index is 1950. The van der Waals surface area contributed by atoms with Crippen LogP contribution in [-0.4, -0.2) is 81.0 Å². The van der Waals surface area contributed by atoms with Crippen molar-refractivity contribution in [3.05, 3.63) is 46.2 Å². The number of rotatable bonds is 5. The predicted octanol–water partition coefficient (Wildman–Crippen LogP) is 5.67. The molecule has 0 N–H and O–H groups in total. The molecule has 2 saturated heterocycles.